The lowest BCUT2D eigenvalue weighted by atomic mass is 10.0. The largest absolute Gasteiger partial charge is 0.512 e. The van der Waals surface area contributed by atoms with Crippen molar-refractivity contribution in [2.24, 2.45) is 0 Å². The first-order valence-electron chi connectivity index (χ1n) is 5.03. The Morgan fingerprint density at radius 3 is 1.06 bits per heavy atom. The molecule has 0 amide bonds. The molecule has 3 aromatic rings. The maximum absolute atomic E-state index is 6.25. The van der Waals surface area contributed by atoms with Crippen molar-refractivity contribution in [2.45, 2.75) is 0 Å². The molecule has 0 aliphatic rings. The van der Waals surface area contributed by atoms with Crippen LogP contribution in [0.2, 0.25) is 0 Å². The van der Waals surface area contributed by atoms with Gasteiger partial charge in [0, 0.05) is 0 Å². The van der Waals surface area contributed by atoms with Gasteiger partial charge in [0.1, 0.15) is 0 Å². The lowest BCUT2D eigenvalue weighted by Gasteiger charge is -2.00. The normalized spacial score (nSPS) is 9.62. The van der Waals surface area contributed by atoms with E-state index in [-0.39, 0.29) is 0 Å². The third-order valence-corrected chi connectivity index (χ3v) is 2.61. The van der Waals surface area contributed by atoms with Crippen LogP contribution >= 0.6 is 0 Å². The molecule has 0 unspecified atom stereocenters. The van der Waals surface area contributed by atoms with Crippen LogP contribution in [0.3, 0.4) is 0 Å². The second-order valence-corrected chi connectivity index (χ2v) is 3.55. The van der Waals surface area contributed by atoms with Gasteiger partial charge in [0.2, 0.25) is 0 Å². The number of nitrogens with zero attached hydrogens (tertiary/aromatic N) is 1. The molecule has 16 heavy (non-hydrogen) atoms. The van der Waals surface area contributed by atoms with Gasteiger partial charge in [-0.15, -0.1) is 0 Å². The third-order valence-electron chi connectivity index (χ3n) is 2.61. The van der Waals surface area contributed by atoms with Gasteiger partial charge in [0.15, 0.2) is 0 Å². The second kappa shape index (κ2) is 4.46. The van der Waals surface area contributed by atoms with Crippen molar-refractivity contribution in [1.82, 2.24) is 0 Å². The van der Waals surface area contributed by atoms with E-state index in [1.165, 1.54) is 21.5 Å². The fourth-order valence-corrected chi connectivity index (χ4v) is 1.88. The van der Waals surface area contributed by atoms with Crippen molar-refractivity contribution < 1.29 is 0 Å². The minimum absolute atomic E-state index is 1.31. The summed E-state index contributed by atoms with van der Waals surface area (Å²) in [7, 11) is 0. The summed E-state index contributed by atoms with van der Waals surface area (Å²) in [5.74, 6) is 0. The van der Waals surface area contributed by atoms with Crippen LogP contribution in [0.25, 0.3) is 21.5 Å². The first-order chi connectivity index (χ1) is 7.93. The molecule has 0 aliphatic heterocycles. The van der Waals surface area contributed by atoms with E-state index in [0.29, 0.717) is 0 Å². The van der Waals surface area contributed by atoms with Crippen molar-refractivity contribution in [2.75, 3.05) is 0 Å². The van der Waals surface area contributed by atoms with Crippen LogP contribution in [0.4, 0.5) is 0 Å². The zero-order valence-corrected chi connectivity index (χ0v) is 8.72. The molecule has 0 bridgehead atoms. The molecule has 3 rings (SSSR count). The fourth-order valence-electron chi connectivity index (χ4n) is 1.88. The summed E-state index contributed by atoms with van der Waals surface area (Å²) < 4.78 is 0. The lowest BCUT2D eigenvalue weighted by Crippen LogP contribution is -1.74. The molecule has 0 heterocycles. The SMILES string of the molecule is [C-]#N.c1ccc2cc3ccccc3cc2c1. The summed E-state index contributed by atoms with van der Waals surface area (Å²) in [6.45, 7) is 4.75. The smallest absolute Gasteiger partial charge is 0.0178 e. The molecule has 0 spiro atoms. The fraction of sp³-hybridized carbons (Fsp3) is 0. The van der Waals surface area contributed by atoms with Gasteiger partial charge in [-0.25, -0.2) is 0 Å². The minimum Gasteiger partial charge on any atom is -0.512 e. The highest BCUT2D eigenvalue weighted by Gasteiger charge is 1.95. The third kappa shape index (κ3) is 1.74. The van der Waals surface area contributed by atoms with Gasteiger partial charge in [-0.2, -0.15) is 0 Å². The van der Waals surface area contributed by atoms with Crippen LogP contribution in [0.5, 0.6) is 0 Å². The van der Waals surface area contributed by atoms with Gasteiger partial charge in [-0.3, -0.25) is 0 Å². The Kier molecular flexibility index (Phi) is 2.84. The Labute approximate surface area is 94.6 Å². The summed E-state index contributed by atoms with van der Waals surface area (Å²) in [4.78, 5) is 0. The molecule has 0 saturated carbocycles. The predicted octanol–water partition coefficient (Wildman–Crippen LogP) is 4.09. The molecule has 0 fully saturated rings. The average molecular weight is 204 g/mol. The van der Waals surface area contributed by atoms with Crippen molar-refractivity contribution in [1.29, 1.82) is 5.26 Å². The monoisotopic (exact) mass is 204 g/mol. The predicted molar refractivity (Wildman–Crippen MR) is 66.4 cm³/mol. The Hall–Kier alpha value is -2.33. The molecule has 0 aromatic heterocycles. The molecule has 3 aromatic carbocycles. The molecule has 0 aliphatic carbocycles. The van der Waals surface area contributed by atoms with Crippen molar-refractivity contribution in [3.05, 3.63) is 67.2 Å². The van der Waals surface area contributed by atoms with E-state index in [2.05, 4.69) is 60.7 Å². The summed E-state index contributed by atoms with van der Waals surface area (Å²) in [5.41, 5.74) is 0. The standard InChI is InChI=1S/C14H10.CN/c1-2-6-12-10-14-8-4-3-7-13(14)9-11(12)5-1;1-2/h1-10H;/q;-1. The topological polar surface area (TPSA) is 23.8 Å². The first-order valence-corrected chi connectivity index (χ1v) is 5.03. The maximum Gasteiger partial charge on any atom is -0.0178 e. The quantitative estimate of drug-likeness (QED) is 0.399. The molecule has 0 N–H and O–H groups in total. The van der Waals surface area contributed by atoms with Crippen LogP contribution in [-0.2, 0) is 0 Å². The van der Waals surface area contributed by atoms with E-state index in [0.717, 1.165) is 0 Å². The molecule has 76 valence electrons. The Bertz CT molecular complexity index is 533. The van der Waals surface area contributed by atoms with Crippen molar-refractivity contribution >= 4 is 21.5 Å². The first kappa shape index (κ1) is 10.2. The van der Waals surface area contributed by atoms with E-state index in [1.54, 1.807) is 0 Å². The Balaban J connectivity index is 0.000000457. The number of benzene rings is 3. The van der Waals surface area contributed by atoms with Crippen LogP contribution in [0, 0.1) is 11.8 Å². The maximum atomic E-state index is 6.25. The molecule has 0 saturated heterocycles. The molecule has 0 radical (unpaired) electrons. The number of hydrogen-bond acceptors (Lipinski definition) is 1. The van der Waals surface area contributed by atoms with Gasteiger partial charge >= 0.3 is 0 Å². The van der Waals surface area contributed by atoms with E-state index in [9.17, 15) is 0 Å². The summed E-state index contributed by atoms with van der Waals surface area (Å²) >= 11 is 0. The van der Waals surface area contributed by atoms with Crippen molar-refractivity contribution in [3.8, 4) is 0 Å². The lowest BCUT2D eigenvalue weighted by molar-refractivity contribution is 1.53. The zero-order valence-electron chi connectivity index (χ0n) is 8.72. The minimum atomic E-state index is 1.31. The summed E-state index contributed by atoms with van der Waals surface area (Å²) in [5, 5.41) is 11.5. The number of fused-ring (bicyclic) bond motifs is 2. The highest BCUT2D eigenvalue weighted by molar-refractivity contribution is 5.97. The number of hydrogen-bond donors (Lipinski definition) is 0. The van der Waals surface area contributed by atoms with Crippen LogP contribution in [0.15, 0.2) is 60.7 Å². The van der Waals surface area contributed by atoms with Crippen LogP contribution in [0.1, 0.15) is 0 Å². The Morgan fingerprint density at radius 2 is 0.812 bits per heavy atom. The van der Waals surface area contributed by atoms with E-state index >= 15 is 0 Å². The molecule has 0 atom stereocenters. The van der Waals surface area contributed by atoms with Gasteiger partial charge in [0.25, 0.3) is 0 Å². The zero-order chi connectivity index (χ0) is 11.4. The highest BCUT2D eigenvalue weighted by Crippen LogP contribution is 2.21. The summed E-state index contributed by atoms with van der Waals surface area (Å²) in [6, 6.07) is 21.4. The van der Waals surface area contributed by atoms with Gasteiger partial charge < -0.3 is 11.8 Å². The Morgan fingerprint density at radius 1 is 0.562 bits per heavy atom. The molecule has 1 nitrogen and oxygen atoms in total. The second-order valence-electron chi connectivity index (χ2n) is 3.55. The van der Waals surface area contributed by atoms with Gasteiger partial charge in [-0.1, -0.05) is 48.5 Å². The average Bonchev–Trinajstić information content (AvgIpc) is 2.38. The van der Waals surface area contributed by atoms with Crippen molar-refractivity contribution in [3.63, 3.8) is 0 Å². The van der Waals surface area contributed by atoms with E-state index < -0.39 is 0 Å². The van der Waals surface area contributed by atoms with E-state index in [4.69, 9.17) is 11.8 Å². The summed E-state index contributed by atoms with van der Waals surface area (Å²) in [6.07, 6.45) is 0. The van der Waals surface area contributed by atoms with Gasteiger partial charge in [0.05, 0.1) is 0 Å². The van der Waals surface area contributed by atoms with Crippen LogP contribution < -0.4 is 0 Å². The number of rotatable bonds is 0. The van der Waals surface area contributed by atoms with Crippen LogP contribution in [-0.4, -0.2) is 0 Å². The van der Waals surface area contributed by atoms with E-state index in [1.807, 2.05) is 0 Å². The molecular formula is C15H10N-. The molecule has 1 heteroatoms. The molecular weight excluding hydrogens is 194 g/mol. The van der Waals surface area contributed by atoms with Gasteiger partial charge in [-0.05, 0) is 33.7 Å². The highest BCUT2D eigenvalue weighted by atomic mass is 14.2.